The van der Waals surface area contributed by atoms with E-state index in [0.29, 0.717) is 21.1 Å². The smallest absolute Gasteiger partial charge is 0.308 e. The number of halogens is 1. The fraction of sp³-hybridized carbons (Fsp3) is 0.0476. The van der Waals surface area contributed by atoms with E-state index in [1.165, 1.54) is 34.9 Å². The molecule has 0 unspecified atom stereocenters. The van der Waals surface area contributed by atoms with Crippen molar-refractivity contribution in [3.8, 4) is 5.75 Å². The Labute approximate surface area is 168 Å². The molecule has 0 atom stereocenters. The highest BCUT2D eigenvalue weighted by Crippen LogP contribution is 2.14. The van der Waals surface area contributed by atoms with E-state index in [0.717, 1.165) is 11.1 Å². The van der Waals surface area contributed by atoms with Crippen LogP contribution in [-0.2, 0) is 4.79 Å². The van der Waals surface area contributed by atoms with Crippen molar-refractivity contribution < 1.29 is 13.9 Å². The molecular formula is C21H14FN3O3S. The standard InChI is InChI=1S/C21H14FN3O3S/c1-13(26)28-17-4-2-3-15(11-17)12-18-20(27)25-21(29-18)23-19(24-25)10-7-14-5-8-16(22)9-6-14/h2-12H,1H3/b10-7+,18-12+. The van der Waals surface area contributed by atoms with Gasteiger partial charge < -0.3 is 4.74 Å². The quantitative estimate of drug-likeness (QED) is 0.384. The molecule has 0 radical (unpaired) electrons. The number of fused-ring (bicyclic) bond motifs is 1. The normalized spacial score (nSPS) is 12.1. The van der Waals surface area contributed by atoms with E-state index >= 15 is 0 Å². The predicted molar refractivity (Wildman–Crippen MR) is 109 cm³/mol. The Hall–Kier alpha value is -3.65. The molecule has 8 heteroatoms. The van der Waals surface area contributed by atoms with Crippen LogP contribution in [0.5, 0.6) is 5.75 Å². The molecule has 0 aliphatic rings. The average molecular weight is 407 g/mol. The van der Waals surface area contributed by atoms with Crippen molar-refractivity contribution in [2.75, 3.05) is 0 Å². The maximum absolute atomic E-state index is 13.0. The number of aromatic nitrogens is 3. The van der Waals surface area contributed by atoms with Crippen LogP contribution in [0, 0.1) is 5.82 Å². The molecule has 2 aromatic heterocycles. The van der Waals surface area contributed by atoms with Crippen molar-refractivity contribution in [1.82, 2.24) is 14.6 Å². The van der Waals surface area contributed by atoms with Gasteiger partial charge in [-0.05, 0) is 47.5 Å². The van der Waals surface area contributed by atoms with Gasteiger partial charge in [0.15, 0.2) is 5.82 Å². The van der Waals surface area contributed by atoms with Crippen LogP contribution >= 0.6 is 11.3 Å². The zero-order valence-corrected chi connectivity index (χ0v) is 16.0. The first-order chi connectivity index (χ1) is 14.0. The zero-order chi connectivity index (χ0) is 20.4. The first-order valence-electron chi connectivity index (χ1n) is 8.61. The molecule has 0 fully saturated rings. The minimum atomic E-state index is -0.410. The summed E-state index contributed by atoms with van der Waals surface area (Å²) in [5.74, 6) is 0.0834. The Morgan fingerprint density at radius 2 is 1.93 bits per heavy atom. The summed E-state index contributed by atoms with van der Waals surface area (Å²) in [6.07, 6.45) is 5.11. The summed E-state index contributed by atoms with van der Waals surface area (Å²) in [6.45, 7) is 1.33. The lowest BCUT2D eigenvalue weighted by Crippen LogP contribution is -2.23. The van der Waals surface area contributed by atoms with Gasteiger partial charge in [0, 0.05) is 6.92 Å². The Morgan fingerprint density at radius 1 is 1.14 bits per heavy atom. The lowest BCUT2D eigenvalue weighted by molar-refractivity contribution is -0.131. The van der Waals surface area contributed by atoms with Crippen LogP contribution < -0.4 is 14.8 Å². The van der Waals surface area contributed by atoms with E-state index in [-0.39, 0.29) is 11.4 Å². The molecule has 0 spiro atoms. The van der Waals surface area contributed by atoms with E-state index in [2.05, 4.69) is 10.1 Å². The third-order valence-corrected chi connectivity index (χ3v) is 4.87. The van der Waals surface area contributed by atoms with Gasteiger partial charge in [0.2, 0.25) is 4.96 Å². The number of benzene rings is 2. The molecule has 0 aliphatic carbocycles. The maximum atomic E-state index is 13.0. The number of hydrogen-bond donors (Lipinski definition) is 0. The number of thiazole rings is 1. The van der Waals surface area contributed by atoms with Crippen molar-refractivity contribution >= 4 is 40.5 Å². The van der Waals surface area contributed by atoms with Crippen LogP contribution in [-0.4, -0.2) is 20.6 Å². The van der Waals surface area contributed by atoms with Crippen LogP contribution in [0.2, 0.25) is 0 Å². The van der Waals surface area contributed by atoms with Gasteiger partial charge in [0.05, 0.1) is 4.53 Å². The van der Waals surface area contributed by atoms with Crippen LogP contribution in [0.25, 0.3) is 23.2 Å². The number of carbonyl (C=O) groups excluding carboxylic acids is 1. The van der Waals surface area contributed by atoms with Crippen molar-refractivity contribution in [2.24, 2.45) is 0 Å². The minimum Gasteiger partial charge on any atom is -0.427 e. The highest BCUT2D eigenvalue weighted by molar-refractivity contribution is 7.15. The monoisotopic (exact) mass is 407 g/mol. The van der Waals surface area contributed by atoms with Gasteiger partial charge in [-0.2, -0.15) is 9.50 Å². The molecule has 0 saturated heterocycles. The third-order valence-electron chi connectivity index (χ3n) is 3.91. The molecular weight excluding hydrogens is 393 g/mol. The largest absolute Gasteiger partial charge is 0.427 e. The van der Waals surface area contributed by atoms with Crippen molar-refractivity contribution in [1.29, 1.82) is 0 Å². The number of hydrogen-bond acceptors (Lipinski definition) is 6. The molecule has 0 bridgehead atoms. The topological polar surface area (TPSA) is 73.6 Å². The van der Waals surface area contributed by atoms with Gasteiger partial charge in [-0.25, -0.2) is 4.39 Å². The summed E-state index contributed by atoms with van der Waals surface area (Å²) >= 11 is 1.21. The van der Waals surface area contributed by atoms with E-state index < -0.39 is 5.97 Å². The summed E-state index contributed by atoms with van der Waals surface area (Å²) in [5, 5.41) is 4.22. The summed E-state index contributed by atoms with van der Waals surface area (Å²) < 4.78 is 19.7. The second kappa shape index (κ2) is 7.76. The molecule has 6 nitrogen and oxygen atoms in total. The fourth-order valence-electron chi connectivity index (χ4n) is 2.65. The Balaban J connectivity index is 1.63. The second-order valence-corrected chi connectivity index (χ2v) is 7.14. The molecule has 2 heterocycles. The fourth-order valence-corrected chi connectivity index (χ4v) is 3.56. The Bertz CT molecular complexity index is 1340. The molecule has 4 rings (SSSR count). The third kappa shape index (κ3) is 4.27. The predicted octanol–water partition coefficient (Wildman–Crippen LogP) is 2.93. The first kappa shape index (κ1) is 18.7. The van der Waals surface area contributed by atoms with Gasteiger partial charge in [-0.15, -0.1) is 5.10 Å². The molecule has 29 heavy (non-hydrogen) atoms. The lowest BCUT2D eigenvalue weighted by atomic mass is 10.2. The number of carbonyl (C=O) groups is 1. The van der Waals surface area contributed by atoms with Crippen LogP contribution in [0.15, 0.2) is 53.3 Å². The van der Waals surface area contributed by atoms with E-state index in [9.17, 15) is 14.0 Å². The highest BCUT2D eigenvalue weighted by Gasteiger charge is 2.09. The second-order valence-electron chi connectivity index (χ2n) is 6.13. The molecule has 0 aliphatic heterocycles. The van der Waals surface area contributed by atoms with Gasteiger partial charge >= 0.3 is 5.97 Å². The van der Waals surface area contributed by atoms with Crippen molar-refractivity contribution in [3.05, 3.63) is 86.2 Å². The van der Waals surface area contributed by atoms with Crippen molar-refractivity contribution in [2.45, 2.75) is 6.92 Å². The molecule has 4 aromatic rings. The van der Waals surface area contributed by atoms with E-state index in [1.54, 1.807) is 54.6 Å². The van der Waals surface area contributed by atoms with Crippen LogP contribution in [0.3, 0.4) is 0 Å². The zero-order valence-electron chi connectivity index (χ0n) is 15.2. The summed E-state index contributed by atoms with van der Waals surface area (Å²) in [6, 6.07) is 12.9. The Kier molecular flexibility index (Phi) is 5.01. The summed E-state index contributed by atoms with van der Waals surface area (Å²) in [7, 11) is 0. The number of esters is 1. The van der Waals surface area contributed by atoms with Gasteiger partial charge in [0.1, 0.15) is 11.6 Å². The highest BCUT2D eigenvalue weighted by atomic mass is 32.1. The Morgan fingerprint density at radius 3 is 2.66 bits per heavy atom. The molecule has 0 amide bonds. The maximum Gasteiger partial charge on any atom is 0.308 e. The lowest BCUT2D eigenvalue weighted by Gasteiger charge is -2.01. The van der Waals surface area contributed by atoms with E-state index in [4.69, 9.17) is 4.74 Å². The van der Waals surface area contributed by atoms with Crippen LogP contribution in [0.4, 0.5) is 4.39 Å². The van der Waals surface area contributed by atoms with Gasteiger partial charge in [-0.3, -0.25) is 9.59 Å². The molecule has 0 saturated carbocycles. The van der Waals surface area contributed by atoms with Gasteiger partial charge in [0.25, 0.3) is 5.56 Å². The molecule has 0 N–H and O–H groups in total. The minimum absolute atomic E-state index is 0.281. The SMILES string of the molecule is CC(=O)Oc1cccc(/C=c2/sc3nc(/C=C/c4ccc(F)cc4)nn3c2=O)c1. The number of rotatable bonds is 4. The number of nitrogens with zero attached hydrogens (tertiary/aromatic N) is 3. The van der Waals surface area contributed by atoms with E-state index in [1.807, 2.05) is 0 Å². The first-order valence-corrected chi connectivity index (χ1v) is 9.43. The molecule has 2 aromatic carbocycles. The average Bonchev–Trinajstić information content (AvgIpc) is 3.20. The van der Waals surface area contributed by atoms with Crippen LogP contribution in [0.1, 0.15) is 23.9 Å². The van der Waals surface area contributed by atoms with Crippen molar-refractivity contribution in [3.63, 3.8) is 0 Å². The molecule has 144 valence electrons. The van der Waals surface area contributed by atoms with Gasteiger partial charge in [-0.1, -0.05) is 41.7 Å². The summed E-state index contributed by atoms with van der Waals surface area (Å²) in [4.78, 5) is 28.5. The summed E-state index contributed by atoms with van der Waals surface area (Å²) in [5.41, 5.74) is 1.24. The number of ether oxygens (including phenoxy) is 1.